The summed E-state index contributed by atoms with van der Waals surface area (Å²) in [5.41, 5.74) is 6.85. The van der Waals surface area contributed by atoms with Crippen LogP contribution in [0.15, 0.2) is 36.7 Å². The zero-order chi connectivity index (χ0) is 16.9. The van der Waals surface area contributed by atoms with E-state index in [1.54, 1.807) is 36.7 Å². The van der Waals surface area contributed by atoms with Crippen LogP contribution in [0.1, 0.15) is 23.2 Å². The van der Waals surface area contributed by atoms with E-state index in [1.165, 1.54) is 7.11 Å². The fourth-order valence-corrected chi connectivity index (χ4v) is 2.80. The summed E-state index contributed by atoms with van der Waals surface area (Å²) in [7, 11) is 1.54. The number of nitrogens with two attached hydrogens (primary N) is 1. The molecule has 2 heterocycles. The molecule has 1 amide bonds. The van der Waals surface area contributed by atoms with Crippen molar-refractivity contribution in [3.05, 3.63) is 42.2 Å². The maximum absolute atomic E-state index is 12.4. The van der Waals surface area contributed by atoms with E-state index in [4.69, 9.17) is 10.5 Å². The number of nitrogen functional groups attached to an aromatic ring is 1. The second-order valence-corrected chi connectivity index (χ2v) is 5.74. The quantitative estimate of drug-likeness (QED) is 0.826. The molecule has 2 aromatic rings. The third-order valence-corrected chi connectivity index (χ3v) is 4.16. The maximum atomic E-state index is 12.4. The normalized spacial score (nSPS) is 15.1. The molecule has 126 valence electrons. The molecule has 1 aromatic heterocycles. The number of nitrogens with one attached hydrogen (secondary N) is 1. The first-order valence-corrected chi connectivity index (χ1v) is 7.93. The van der Waals surface area contributed by atoms with Gasteiger partial charge in [0.15, 0.2) is 0 Å². The molecule has 24 heavy (non-hydrogen) atoms. The summed E-state index contributed by atoms with van der Waals surface area (Å²) in [4.78, 5) is 23.1. The van der Waals surface area contributed by atoms with Crippen molar-refractivity contribution >= 4 is 17.5 Å². The van der Waals surface area contributed by atoms with E-state index in [2.05, 4.69) is 20.2 Å². The predicted molar refractivity (Wildman–Crippen MR) is 92.1 cm³/mol. The van der Waals surface area contributed by atoms with Gasteiger partial charge in [-0.1, -0.05) is 0 Å². The summed E-state index contributed by atoms with van der Waals surface area (Å²) in [6, 6.07) is 7.00. The van der Waals surface area contributed by atoms with Gasteiger partial charge in [-0.2, -0.15) is 0 Å². The molecule has 3 rings (SSSR count). The van der Waals surface area contributed by atoms with Crippen LogP contribution in [0, 0.1) is 0 Å². The van der Waals surface area contributed by atoms with Crippen LogP contribution in [0.5, 0.6) is 5.75 Å². The number of piperidine rings is 1. The second-order valence-electron chi connectivity index (χ2n) is 5.74. The van der Waals surface area contributed by atoms with Crippen molar-refractivity contribution in [3.8, 4) is 5.75 Å². The van der Waals surface area contributed by atoms with E-state index < -0.39 is 0 Å². The fourth-order valence-electron chi connectivity index (χ4n) is 2.80. The molecule has 0 radical (unpaired) electrons. The van der Waals surface area contributed by atoms with Gasteiger partial charge in [0.1, 0.15) is 5.75 Å². The van der Waals surface area contributed by atoms with Gasteiger partial charge in [0.05, 0.1) is 12.8 Å². The van der Waals surface area contributed by atoms with Crippen LogP contribution in [-0.2, 0) is 0 Å². The first-order valence-electron chi connectivity index (χ1n) is 7.93. The lowest BCUT2D eigenvalue weighted by Crippen LogP contribution is -2.45. The predicted octanol–water partition coefficient (Wildman–Crippen LogP) is 1.47. The van der Waals surface area contributed by atoms with Gasteiger partial charge in [-0.25, -0.2) is 9.97 Å². The van der Waals surface area contributed by atoms with E-state index in [0.29, 0.717) is 17.0 Å². The summed E-state index contributed by atoms with van der Waals surface area (Å²) >= 11 is 0. The van der Waals surface area contributed by atoms with E-state index in [-0.39, 0.29) is 11.9 Å². The van der Waals surface area contributed by atoms with Crippen molar-refractivity contribution in [2.75, 3.05) is 30.8 Å². The fraction of sp³-hybridized carbons (Fsp3) is 0.353. The van der Waals surface area contributed by atoms with Gasteiger partial charge in [-0.15, -0.1) is 0 Å². The summed E-state index contributed by atoms with van der Waals surface area (Å²) in [6.45, 7) is 1.64. The minimum atomic E-state index is -0.109. The van der Waals surface area contributed by atoms with Crippen molar-refractivity contribution in [1.29, 1.82) is 0 Å². The third kappa shape index (κ3) is 3.56. The lowest BCUT2D eigenvalue weighted by atomic mass is 10.0. The molecule has 1 aliphatic rings. The number of nitrogens with zero attached hydrogens (tertiary/aromatic N) is 3. The first kappa shape index (κ1) is 16.0. The molecule has 3 N–H and O–H groups in total. The maximum Gasteiger partial charge on any atom is 0.251 e. The van der Waals surface area contributed by atoms with Gasteiger partial charge in [0.2, 0.25) is 5.95 Å². The molecule has 1 aromatic carbocycles. The van der Waals surface area contributed by atoms with Gasteiger partial charge < -0.3 is 20.7 Å². The number of carbonyl (C=O) groups is 1. The zero-order valence-electron chi connectivity index (χ0n) is 13.6. The number of amides is 1. The number of anilines is 2. The highest BCUT2D eigenvalue weighted by atomic mass is 16.5. The topological polar surface area (TPSA) is 93.4 Å². The molecule has 7 heteroatoms. The molecule has 0 aliphatic carbocycles. The SMILES string of the molecule is COc1cc(C(=O)NC2CCN(c3ncccn3)CC2)ccc1N. The van der Waals surface area contributed by atoms with Crippen molar-refractivity contribution < 1.29 is 9.53 Å². The van der Waals surface area contributed by atoms with E-state index >= 15 is 0 Å². The molecule has 1 fully saturated rings. The molecule has 1 saturated heterocycles. The number of hydrogen-bond acceptors (Lipinski definition) is 6. The molecule has 7 nitrogen and oxygen atoms in total. The Labute approximate surface area is 140 Å². The molecule has 1 aliphatic heterocycles. The van der Waals surface area contributed by atoms with Crippen LogP contribution >= 0.6 is 0 Å². The van der Waals surface area contributed by atoms with Gasteiger partial charge in [0, 0.05) is 37.1 Å². The van der Waals surface area contributed by atoms with Crippen molar-refractivity contribution in [2.24, 2.45) is 0 Å². The average Bonchev–Trinajstić information content (AvgIpc) is 2.63. The Hall–Kier alpha value is -2.83. The van der Waals surface area contributed by atoms with Crippen molar-refractivity contribution in [1.82, 2.24) is 15.3 Å². The zero-order valence-corrected chi connectivity index (χ0v) is 13.6. The van der Waals surface area contributed by atoms with Crippen LogP contribution in [0.25, 0.3) is 0 Å². The summed E-state index contributed by atoms with van der Waals surface area (Å²) in [6.07, 6.45) is 5.20. The molecule has 0 bridgehead atoms. The van der Waals surface area contributed by atoms with E-state index in [1.807, 2.05) is 0 Å². The van der Waals surface area contributed by atoms with Crippen molar-refractivity contribution in [2.45, 2.75) is 18.9 Å². The Morgan fingerprint density at radius 2 is 2.00 bits per heavy atom. The number of ether oxygens (including phenoxy) is 1. The Morgan fingerprint density at radius 3 is 2.67 bits per heavy atom. The van der Waals surface area contributed by atoms with E-state index in [9.17, 15) is 4.79 Å². The monoisotopic (exact) mass is 327 g/mol. The Balaban J connectivity index is 1.57. The largest absolute Gasteiger partial charge is 0.495 e. The van der Waals surface area contributed by atoms with Crippen LogP contribution in [0.2, 0.25) is 0 Å². The third-order valence-electron chi connectivity index (χ3n) is 4.16. The average molecular weight is 327 g/mol. The molecule has 0 spiro atoms. The minimum absolute atomic E-state index is 0.109. The number of benzene rings is 1. The van der Waals surface area contributed by atoms with Gasteiger partial charge in [-0.05, 0) is 37.1 Å². The Morgan fingerprint density at radius 1 is 1.29 bits per heavy atom. The second kappa shape index (κ2) is 7.16. The van der Waals surface area contributed by atoms with Crippen molar-refractivity contribution in [3.63, 3.8) is 0 Å². The molecule has 0 unspecified atom stereocenters. The van der Waals surface area contributed by atoms with Crippen LogP contribution in [0.4, 0.5) is 11.6 Å². The number of rotatable bonds is 4. The number of aromatic nitrogens is 2. The van der Waals surface area contributed by atoms with Crippen LogP contribution in [0.3, 0.4) is 0 Å². The van der Waals surface area contributed by atoms with Gasteiger partial charge in [-0.3, -0.25) is 4.79 Å². The molecule has 0 atom stereocenters. The van der Waals surface area contributed by atoms with Gasteiger partial charge >= 0.3 is 0 Å². The lowest BCUT2D eigenvalue weighted by molar-refractivity contribution is 0.0930. The Kier molecular flexibility index (Phi) is 4.79. The minimum Gasteiger partial charge on any atom is -0.495 e. The smallest absolute Gasteiger partial charge is 0.251 e. The molecule has 0 saturated carbocycles. The highest BCUT2D eigenvalue weighted by molar-refractivity contribution is 5.95. The first-order chi connectivity index (χ1) is 11.7. The number of hydrogen-bond donors (Lipinski definition) is 2. The molecular weight excluding hydrogens is 306 g/mol. The summed E-state index contributed by atoms with van der Waals surface area (Å²) in [5, 5.41) is 3.08. The number of carbonyl (C=O) groups excluding carboxylic acids is 1. The summed E-state index contributed by atoms with van der Waals surface area (Å²) in [5.74, 6) is 1.15. The van der Waals surface area contributed by atoms with Gasteiger partial charge in [0.25, 0.3) is 5.91 Å². The standard InChI is InChI=1S/C17H21N5O2/c1-24-15-11-12(3-4-14(15)18)16(23)21-13-5-9-22(10-6-13)17-19-7-2-8-20-17/h2-4,7-8,11,13H,5-6,9-10,18H2,1H3,(H,21,23). The Bertz CT molecular complexity index is 699. The lowest BCUT2D eigenvalue weighted by Gasteiger charge is -2.32. The highest BCUT2D eigenvalue weighted by Gasteiger charge is 2.22. The molecular formula is C17H21N5O2. The summed E-state index contributed by atoms with van der Waals surface area (Å²) < 4.78 is 5.16. The highest BCUT2D eigenvalue weighted by Crippen LogP contribution is 2.22. The number of methoxy groups -OCH3 is 1. The van der Waals surface area contributed by atoms with E-state index in [0.717, 1.165) is 31.9 Å². The van der Waals surface area contributed by atoms with Crippen LogP contribution < -0.4 is 20.7 Å². The van der Waals surface area contributed by atoms with Crippen LogP contribution in [-0.4, -0.2) is 42.1 Å².